The van der Waals surface area contributed by atoms with E-state index in [1.165, 1.54) is 0 Å². The number of aliphatic hydroxyl groups is 5. The van der Waals surface area contributed by atoms with Gasteiger partial charge < -0.3 is 40.7 Å². The number of fused-ring (bicyclic) bond motifs is 10. The molecule has 8 fully saturated rings. The fourth-order valence-electron chi connectivity index (χ4n) is 18.0. The van der Waals surface area contributed by atoms with E-state index in [0.29, 0.717) is 44.9 Å². The van der Waals surface area contributed by atoms with Crippen LogP contribution in [0.15, 0.2) is 0 Å². The summed E-state index contributed by atoms with van der Waals surface area (Å²) in [4.78, 5) is 37.7. The van der Waals surface area contributed by atoms with Crippen LogP contribution in [0.3, 0.4) is 0 Å². The fourth-order valence-corrected chi connectivity index (χ4v) is 18.0. The Labute approximate surface area is 364 Å². The fraction of sp³-hybridized carbons (Fsp3) is 0.940. The molecule has 8 aliphatic carbocycles. The van der Waals surface area contributed by atoms with Gasteiger partial charge in [-0.2, -0.15) is 0 Å². The topological polar surface area (TPSA) is 194 Å². The van der Waals surface area contributed by atoms with Crippen LogP contribution in [0.5, 0.6) is 0 Å². The summed E-state index contributed by atoms with van der Waals surface area (Å²) in [7, 11) is 0. The van der Waals surface area contributed by atoms with Gasteiger partial charge in [-0.15, -0.1) is 0 Å². The van der Waals surface area contributed by atoms with E-state index in [-0.39, 0.29) is 130 Å². The number of nitrogens with one attached hydrogen (secondary N) is 1. The van der Waals surface area contributed by atoms with E-state index < -0.39 is 36.4 Å². The third-order valence-corrected chi connectivity index (χ3v) is 21.4. The van der Waals surface area contributed by atoms with Crippen molar-refractivity contribution in [1.29, 1.82) is 0 Å². The predicted octanol–water partition coefficient (Wildman–Crippen LogP) is 6.49. The standard InChI is InChI=1S/C50H81NO10/c1-26(32-9-11-34-45-36(23-40(55)49(32,34)5)47(3)17-15-30(52)19-28(47)21-38(45)53)7-13-42(57)51-25-44(60)61-31-16-18-48(4)29(20-31)22-39(54)46-35-12-10-33(27(2)8-14-43(58)59)50(35,6)41(56)24-37(46)48/h26-41,45-46,52-56H,7-25H2,1-6H3,(H,51,57)(H,58,59)/t26-,27-,28?,29+,30-,31-,32-,33-,34?,35?,36?,37?,38-,39-,40+,41+,45?,46?,47+,48+,49-,50-/m1/s1. The number of aliphatic carboxylic acids is 1. The molecule has 346 valence electrons. The van der Waals surface area contributed by atoms with Gasteiger partial charge >= 0.3 is 11.9 Å². The van der Waals surface area contributed by atoms with Crippen molar-refractivity contribution >= 4 is 17.8 Å². The van der Waals surface area contributed by atoms with Crippen molar-refractivity contribution in [3.63, 3.8) is 0 Å². The lowest BCUT2D eigenvalue weighted by Crippen LogP contribution is -2.62. The maximum Gasteiger partial charge on any atom is 0.325 e. The highest BCUT2D eigenvalue weighted by Gasteiger charge is 2.67. The summed E-state index contributed by atoms with van der Waals surface area (Å²) < 4.78 is 6.00. The van der Waals surface area contributed by atoms with Crippen molar-refractivity contribution in [3.8, 4) is 0 Å². The van der Waals surface area contributed by atoms with Gasteiger partial charge in [0, 0.05) is 12.8 Å². The van der Waals surface area contributed by atoms with E-state index in [4.69, 9.17) is 4.74 Å². The van der Waals surface area contributed by atoms with Gasteiger partial charge in [-0.25, -0.2) is 0 Å². The van der Waals surface area contributed by atoms with Crippen LogP contribution in [0, 0.1) is 92.7 Å². The third kappa shape index (κ3) is 7.63. The second-order valence-electron chi connectivity index (χ2n) is 23.7. The number of carbonyl (C=O) groups is 3. The SMILES string of the molecule is C[C@H](CCC(=O)NCC(=O)O[C@@H]1CC[C@]2(C)C3C[C@H](O)[C@@]4(C)C(CC[C@@H]4[C@H](C)CCC(=O)O)C3[C@H](O)C[C@@H]2C1)[C@H]1CCC2C3C(C[C@H](O)[C@@]21C)[C@@]1(C)CC[C@@H](O)CC1C[C@H]3O. The molecule has 0 aromatic heterocycles. The monoisotopic (exact) mass is 856 g/mol. The molecule has 7 N–H and O–H groups in total. The van der Waals surface area contributed by atoms with Gasteiger partial charge in [-0.05, 0) is 195 Å². The Bertz CT molecular complexity index is 1640. The first-order chi connectivity index (χ1) is 28.7. The van der Waals surface area contributed by atoms with E-state index in [1.807, 2.05) is 0 Å². The molecule has 0 heterocycles. The van der Waals surface area contributed by atoms with Gasteiger partial charge in [-0.3, -0.25) is 14.4 Å². The van der Waals surface area contributed by atoms with Crippen molar-refractivity contribution in [1.82, 2.24) is 5.32 Å². The van der Waals surface area contributed by atoms with Gasteiger partial charge in [0.05, 0.1) is 30.5 Å². The highest BCUT2D eigenvalue weighted by molar-refractivity contribution is 5.81. The number of carbonyl (C=O) groups excluding carboxylic acids is 2. The lowest BCUT2D eigenvalue weighted by molar-refractivity contribution is -0.209. The zero-order valence-electron chi connectivity index (χ0n) is 38.1. The molecule has 0 saturated heterocycles. The number of esters is 1. The molecule has 8 aliphatic rings. The van der Waals surface area contributed by atoms with Gasteiger partial charge in [0.15, 0.2) is 0 Å². The second kappa shape index (κ2) is 16.9. The van der Waals surface area contributed by atoms with Crippen LogP contribution < -0.4 is 5.32 Å². The molecular weight excluding hydrogens is 775 g/mol. The summed E-state index contributed by atoms with van der Waals surface area (Å²) in [5.74, 6) is 0.952. The van der Waals surface area contributed by atoms with Crippen molar-refractivity contribution in [3.05, 3.63) is 0 Å². The molecule has 8 rings (SSSR count). The largest absolute Gasteiger partial charge is 0.481 e. The van der Waals surface area contributed by atoms with Gasteiger partial charge in [0.25, 0.3) is 0 Å². The van der Waals surface area contributed by atoms with Crippen molar-refractivity contribution in [2.75, 3.05) is 6.54 Å². The Morgan fingerprint density at radius 1 is 0.623 bits per heavy atom. The molecule has 1 amide bonds. The number of carboxylic acids is 1. The number of hydrogen-bond acceptors (Lipinski definition) is 9. The molecule has 0 spiro atoms. The zero-order chi connectivity index (χ0) is 44.0. The number of aliphatic hydroxyl groups excluding tert-OH is 5. The molecule has 11 heteroatoms. The van der Waals surface area contributed by atoms with Crippen LogP contribution in [0.25, 0.3) is 0 Å². The first-order valence-corrected chi connectivity index (χ1v) is 24.8. The van der Waals surface area contributed by atoms with Gasteiger partial charge in [0.1, 0.15) is 12.6 Å². The summed E-state index contributed by atoms with van der Waals surface area (Å²) in [6, 6.07) is 0. The highest BCUT2D eigenvalue weighted by Crippen LogP contribution is 2.70. The Kier molecular flexibility index (Phi) is 12.7. The Balaban J connectivity index is 0.809. The van der Waals surface area contributed by atoms with E-state index in [9.17, 15) is 45.0 Å². The first kappa shape index (κ1) is 45.8. The summed E-state index contributed by atoms with van der Waals surface area (Å²) in [6.45, 7) is 13.3. The van der Waals surface area contributed by atoms with E-state index in [1.54, 1.807) is 0 Å². The van der Waals surface area contributed by atoms with Crippen LogP contribution in [-0.2, 0) is 19.1 Å². The molecule has 8 saturated carbocycles. The summed E-state index contributed by atoms with van der Waals surface area (Å²) in [5.41, 5.74) is -0.730. The van der Waals surface area contributed by atoms with Crippen molar-refractivity contribution in [2.45, 2.75) is 194 Å². The minimum atomic E-state index is -0.783. The number of rotatable bonds is 11. The first-order valence-electron chi connectivity index (χ1n) is 24.8. The number of amides is 1. The Morgan fingerprint density at radius 2 is 1.11 bits per heavy atom. The lowest BCUT2D eigenvalue weighted by Gasteiger charge is -2.63. The van der Waals surface area contributed by atoms with Crippen LogP contribution in [-0.4, -0.2) is 91.7 Å². The molecule has 11 nitrogen and oxygen atoms in total. The Morgan fingerprint density at radius 3 is 1.64 bits per heavy atom. The van der Waals surface area contributed by atoms with E-state index in [2.05, 4.69) is 46.9 Å². The van der Waals surface area contributed by atoms with Crippen LogP contribution in [0.2, 0.25) is 0 Å². The Hall–Kier alpha value is -1.79. The zero-order valence-corrected chi connectivity index (χ0v) is 38.1. The van der Waals surface area contributed by atoms with Crippen LogP contribution in [0.4, 0.5) is 0 Å². The molecule has 0 aliphatic heterocycles. The lowest BCUT2D eigenvalue weighted by atomic mass is 9.43. The van der Waals surface area contributed by atoms with E-state index >= 15 is 0 Å². The number of carboxylic acid groups (broad SMARTS) is 1. The minimum absolute atomic E-state index is 0.0313. The molecule has 7 unspecified atom stereocenters. The summed E-state index contributed by atoms with van der Waals surface area (Å²) >= 11 is 0. The third-order valence-electron chi connectivity index (χ3n) is 21.4. The smallest absolute Gasteiger partial charge is 0.325 e. The number of hydrogen-bond donors (Lipinski definition) is 7. The molecular formula is C50H81NO10. The van der Waals surface area contributed by atoms with E-state index in [0.717, 1.165) is 57.8 Å². The summed E-state index contributed by atoms with van der Waals surface area (Å²) in [5, 5.41) is 69.9. The van der Waals surface area contributed by atoms with Gasteiger partial charge in [-0.1, -0.05) is 41.5 Å². The molecule has 0 aromatic carbocycles. The molecule has 22 atom stereocenters. The maximum atomic E-state index is 13.2. The average molecular weight is 856 g/mol. The van der Waals surface area contributed by atoms with Crippen molar-refractivity contribution in [2.24, 2.45) is 92.7 Å². The molecule has 0 bridgehead atoms. The molecule has 0 radical (unpaired) electrons. The normalized spacial score (nSPS) is 51.0. The quantitative estimate of drug-likeness (QED) is 0.113. The highest BCUT2D eigenvalue weighted by atomic mass is 16.5. The van der Waals surface area contributed by atoms with Crippen LogP contribution in [0.1, 0.15) is 157 Å². The predicted molar refractivity (Wildman–Crippen MR) is 229 cm³/mol. The van der Waals surface area contributed by atoms with Gasteiger partial charge in [0.2, 0.25) is 5.91 Å². The average Bonchev–Trinajstić information content (AvgIpc) is 3.75. The second-order valence-corrected chi connectivity index (χ2v) is 23.7. The number of ether oxygens (including phenoxy) is 1. The molecule has 0 aromatic rings. The minimum Gasteiger partial charge on any atom is -0.481 e. The van der Waals surface area contributed by atoms with Crippen LogP contribution >= 0.6 is 0 Å². The molecule has 61 heavy (non-hydrogen) atoms. The summed E-state index contributed by atoms with van der Waals surface area (Å²) in [6.07, 6.45) is 10.5. The van der Waals surface area contributed by atoms with Crippen molar-refractivity contribution < 1.29 is 49.8 Å². The maximum absolute atomic E-state index is 13.2.